The second-order valence-electron chi connectivity index (χ2n) is 6.78. The largest absolute Gasteiger partial charge is 0.497 e. The molecule has 3 aromatic rings. The van der Waals surface area contributed by atoms with Crippen molar-refractivity contribution in [2.24, 2.45) is 13.0 Å². The number of nitrogens with zero attached hydrogens (tertiary/aromatic N) is 3. The highest BCUT2D eigenvalue weighted by Crippen LogP contribution is 2.38. The van der Waals surface area contributed by atoms with E-state index in [1.165, 1.54) is 0 Å². The summed E-state index contributed by atoms with van der Waals surface area (Å²) < 4.78 is 6.72. The lowest BCUT2D eigenvalue weighted by Gasteiger charge is -2.10. The first-order valence-electron chi connectivity index (χ1n) is 9.06. The molecule has 2 aromatic carbocycles. The predicted molar refractivity (Wildman–Crippen MR) is 107 cm³/mol. The number of carbonyl (C=O) groups excluding carboxylic acids is 2. The van der Waals surface area contributed by atoms with Gasteiger partial charge in [0.2, 0.25) is 11.7 Å². The van der Waals surface area contributed by atoms with Crippen molar-refractivity contribution in [1.82, 2.24) is 9.78 Å². The molecule has 0 aliphatic heterocycles. The fourth-order valence-corrected chi connectivity index (χ4v) is 3.63. The first kappa shape index (κ1) is 18.4. The van der Waals surface area contributed by atoms with Gasteiger partial charge in [0.05, 0.1) is 18.9 Å². The summed E-state index contributed by atoms with van der Waals surface area (Å²) in [5, 5.41) is 16.5. The number of aryl methyl sites for hydroxylation is 1. The summed E-state index contributed by atoms with van der Waals surface area (Å²) in [4.78, 5) is 25.7. The Bertz CT molecular complexity index is 1160. The number of nitriles is 1. The van der Waals surface area contributed by atoms with E-state index in [9.17, 15) is 14.9 Å². The quantitative estimate of drug-likeness (QED) is 0.420. The van der Waals surface area contributed by atoms with Gasteiger partial charge < -0.3 is 10.1 Å². The summed E-state index contributed by atoms with van der Waals surface area (Å²) in [6.45, 7) is 0. The molecule has 1 aliphatic carbocycles. The molecule has 7 heteroatoms. The molecule has 1 aliphatic rings. The zero-order valence-electron chi connectivity index (χ0n) is 16.0. The second kappa shape index (κ2) is 7.24. The molecule has 1 heterocycles. The summed E-state index contributed by atoms with van der Waals surface area (Å²) in [7, 11) is 3.30. The number of nitrogens with one attached hydrogen (secondary N) is 1. The molecule has 0 bridgehead atoms. The third-order valence-electron chi connectivity index (χ3n) is 5.03. The van der Waals surface area contributed by atoms with Crippen LogP contribution in [0.3, 0.4) is 0 Å². The first-order valence-corrected chi connectivity index (χ1v) is 9.06. The highest BCUT2D eigenvalue weighted by molar-refractivity contribution is 6.16. The van der Waals surface area contributed by atoms with E-state index < -0.39 is 17.6 Å². The second-order valence-corrected chi connectivity index (χ2v) is 6.78. The van der Waals surface area contributed by atoms with Crippen molar-refractivity contribution in [2.75, 3.05) is 12.4 Å². The Kier molecular flexibility index (Phi) is 4.61. The van der Waals surface area contributed by atoms with Crippen LogP contribution in [-0.2, 0) is 18.3 Å². The predicted octanol–water partition coefficient (Wildman–Crippen LogP) is 2.96. The van der Waals surface area contributed by atoms with Gasteiger partial charge in [0.15, 0.2) is 5.92 Å². The highest BCUT2D eigenvalue weighted by atomic mass is 16.5. The van der Waals surface area contributed by atoms with Crippen LogP contribution in [0.2, 0.25) is 0 Å². The SMILES string of the molecule is COc1ccc(NC(=O)C(C#N)C(=O)c2nn(C)c3c2Cc2ccccc2-3)cc1. The van der Waals surface area contributed by atoms with Gasteiger partial charge in [0, 0.05) is 30.3 Å². The monoisotopic (exact) mass is 386 g/mol. The van der Waals surface area contributed by atoms with Gasteiger partial charge in [-0.05, 0) is 29.8 Å². The fraction of sp³-hybridized carbons (Fsp3) is 0.182. The Morgan fingerprint density at radius 3 is 2.62 bits per heavy atom. The van der Waals surface area contributed by atoms with Crippen LogP contribution in [0, 0.1) is 17.2 Å². The minimum Gasteiger partial charge on any atom is -0.497 e. The fourth-order valence-electron chi connectivity index (χ4n) is 3.63. The van der Waals surface area contributed by atoms with Gasteiger partial charge >= 0.3 is 0 Å². The molecule has 29 heavy (non-hydrogen) atoms. The van der Waals surface area contributed by atoms with Crippen molar-refractivity contribution in [3.8, 4) is 23.1 Å². The van der Waals surface area contributed by atoms with Gasteiger partial charge in [-0.2, -0.15) is 10.4 Å². The number of hydrogen-bond acceptors (Lipinski definition) is 5. The molecule has 0 fully saturated rings. The summed E-state index contributed by atoms with van der Waals surface area (Å²) in [5.74, 6) is -2.12. The van der Waals surface area contributed by atoms with Gasteiger partial charge in [0.1, 0.15) is 11.4 Å². The molecule has 144 valence electrons. The molecule has 0 saturated heterocycles. The molecular weight excluding hydrogens is 368 g/mol. The van der Waals surface area contributed by atoms with Crippen molar-refractivity contribution in [3.63, 3.8) is 0 Å². The number of hydrogen-bond donors (Lipinski definition) is 1. The molecule has 1 unspecified atom stereocenters. The van der Waals surface area contributed by atoms with Gasteiger partial charge in [-0.3, -0.25) is 14.3 Å². The molecule has 4 rings (SSSR count). The summed E-state index contributed by atoms with van der Waals surface area (Å²) in [6.07, 6.45) is 0.554. The number of aromatic nitrogens is 2. The number of carbonyl (C=O) groups is 2. The number of methoxy groups -OCH3 is 1. The third-order valence-corrected chi connectivity index (χ3v) is 5.03. The Morgan fingerprint density at radius 1 is 1.21 bits per heavy atom. The minimum atomic E-state index is -1.49. The lowest BCUT2D eigenvalue weighted by Crippen LogP contribution is -2.29. The van der Waals surface area contributed by atoms with Crippen molar-refractivity contribution < 1.29 is 14.3 Å². The zero-order chi connectivity index (χ0) is 20.5. The van der Waals surface area contributed by atoms with E-state index >= 15 is 0 Å². The lowest BCUT2D eigenvalue weighted by atomic mass is 9.98. The molecule has 7 nitrogen and oxygen atoms in total. The maximum absolute atomic E-state index is 13.1. The molecule has 1 atom stereocenters. The maximum atomic E-state index is 13.1. The van der Waals surface area contributed by atoms with E-state index in [0.29, 0.717) is 17.9 Å². The van der Waals surface area contributed by atoms with Crippen LogP contribution < -0.4 is 10.1 Å². The number of benzene rings is 2. The molecule has 1 aromatic heterocycles. The van der Waals surface area contributed by atoms with Crippen LogP contribution >= 0.6 is 0 Å². The topological polar surface area (TPSA) is 97.0 Å². The van der Waals surface area contributed by atoms with Crippen LogP contribution in [-0.4, -0.2) is 28.6 Å². The molecular formula is C22H18N4O3. The molecule has 1 N–H and O–H groups in total. The maximum Gasteiger partial charge on any atom is 0.249 e. The van der Waals surface area contributed by atoms with Crippen molar-refractivity contribution in [2.45, 2.75) is 6.42 Å². The smallest absolute Gasteiger partial charge is 0.249 e. The van der Waals surface area contributed by atoms with Crippen LogP contribution in [0.15, 0.2) is 48.5 Å². The number of ether oxygens (including phenoxy) is 1. The first-order chi connectivity index (χ1) is 14.0. The van der Waals surface area contributed by atoms with E-state index in [-0.39, 0.29) is 5.69 Å². The standard InChI is InChI=1S/C22H18N4O3/c1-26-20-16-6-4-3-5-13(16)11-17(20)19(25-26)21(27)18(12-23)22(28)24-14-7-9-15(29-2)10-8-14/h3-10,18H,11H2,1-2H3,(H,24,28). The van der Waals surface area contributed by atoms with Crippen LogP contribution in [0.25, 0.3) is 11.3 Å². The van der Waals surface area contributed by atoms with Crippen molar-refractivity contribution >= 4 is 17.4 Å². The number of amides is 1. The van der Waals surface area contributed by atoms with Crippen molar-refractivity contribution in [3.05, 3.63) is 65.4 Å². The average Bonchev–Trinajstić information content (AvgIpc) is 3.26. The van der Waals surface area contributed by atoms with Gasteiger partial charge in [-0.25, -0.2) is 0 Å². The van der Waals surface area contributed by atoms with Gasteiger partial charge in [-0.1, -0.05) is 24.3 Å². The number of anilines is 1. The average molecular weight is 386 g/mol. The summed E-state index contributed by atoms with van der Waals surface area (Å²) >= 11 is 0. The van der Waals surface area contributed by atoms with Crippen molar-refractivity contribution in [1.29, 1.82) is 5.26 Å². The molecule has 0 radical (unpaired) electrons. The van der Waals surface area contributed by atoms with E-state index in [0.717, 1.165) is 22.4 Å². The summed E-state index contributed by atoms with van der Waals surface area (Å²) in [6, 6.07) is 16.3. The highest BCUT2D eigenvalue weighted by Gasteiger charge is 2.35. The van der Waals surface area contributed by atoms with Crippen LogP contribution in [0.4, 0.5) is 5.69 Å². The lowest BCUT2D eigenvalue weighted by molar-refractivity contribution is -0.117. The third kappa shape index (κ3) is 3.15. The van der Waals surface area contributed by atoms with E-state index in [2.05, 4.69) is 10.4 Å². The Labute approximate surface area is 167 Å². The molecule has 0 saturated carbocycles. The van der Waals surface area contributed by atoms with Crippen LogP contribution in [0.1, 0.15) is 21.6 Å². The van der Waals surface area contributed by atoms with E-state index in [1.54, 1.807) is 43.1 Å². The van der Waals surface area contributed by atoms with Gasteiger partial charge in [0.25, 0.3) is 0 Å². The normalized spacial score (nSPS) is 12.4. The number of fused-ring (bicyclic) bond motifs is 3. The Hall–Kier alpha value is -3.92. The Balaban J connectivity index is 1.60. The number of rotatable bonds is 5. The van der Waals surface area contributed by atoms with E-state index in [1.807, 2.05) is 30.3 Å². The Morgan fingerprint density at radius 2 is 1.93 bits per heavy atom. The molecule has 1 amide bonds. The number of ketones is 1. The molecule has 0 spiro atoms. The summed E-state index contributed by atoms with van der Waals surface area (Å²) in [5.41, 5.74) is 4.39. The van der Waals surface area contributed by atoms with E-state index in [4.69, 9.17) is 4.74 Å². The zero-order valence-corrected chi connectivity index (χ0v) is 16.0. The minimum absolute atomic E-state index is 0.176. The van der Waals surface area contributed by atoms with Gasteiger partial charge in [-0.15, -0.1) is 0 Å². The number of Topliss-reactive ketones (excluding diaryl/α,β-unsaturated/α-hetero) is 1. The van der Waals surface area contributed by atoms with Crippen LogP contribution in [0.5, 0.6) is 5.75 Å².